The van der Waals surface area contributed by atoms with Gasteiger partial charge in [0.15, 0.2) is 0 Å². The lowest BCUT2D eigenvalue weighted by atomic mass is 9.90. The number of nitrogens with one attached hydrogen (secondary N) is 1. The van der Waals surface area contributed by atoms with Crippen LogP contribution < -0.4 is 5.32 Å². The Hall–Kier alpha value is -1.35. The number of amides is 1. The Morgan fingerprint density at radius 1 is 1.09 bits per heavy atom. The predicted molar refractivity (Wildman–Crippen MR) is 98.7 cm³/mol. The molecule has 0 spiro atoms. The lowest BCUT2D eigenvalue weighted by Gasteiger charge is -2.17. The highest BCUT2D eigenvalue weighted by Gasteiger charge is 2.15. The van der Waals surface area contributed by atoms with Crippen LogP contribution in [-0.4, -0.2) is 38.0 Å². The van der Waals surface area contributed by atoms with Gasteiger partial charge < -0.3 is 10.2 Å². The molecule has 1 atom stereocenters. The Morgan fingerprint density at radius 2 is 1.83 bits per heavy atom. The summed E-state index contributed by atoms with van der Waals surface area (Å²) in [4.78, 5) is 14.4. The molecule has 0 radical (unpaired) electrons. The van der Waals surface area contributed by atoms with Gasteiger partial charge in [0, 0.05) is 13.0 Å². The molecule has 0 bridgehead atoms. The zero-order valence-corrected chi connectivity index (χ0v) is 15.2. The van der Waals surface area contributed by atoms with Crippen molar-refractivity contribution in [2.75, 3.05) is 27.2 Å². The number of hydrogen-bond donors (Lipinski definition) is 1. The first-order chi connectivity index (χ1) is 11.1. The maximum Gasteiger partial charge on any atom is 0.220 e. The van der Waals surface area contributed by atoms with Crippen LogP contribution in [0.5, 0.6) is 0 Å². The van der Waals surface area contributed by atoms with Crippen molar-refractivity contribution in [3.05, 3.63) is 35.9 Å². The summed E-state index contributed by atoms with van der Waals surface area (Å²) in [5.74, 6) is 0.537. The molecule has 0 aliphatic carbocycles. The number of hydrogen-bond acceptors (Lipinski definition) is 2. The van der Waals surface area contributed by atoms with Gasteiger partial charge in [-0.15, -0.1) is 0 Å². The fourth-order valence-corrected chi connectivity index (χ4v) is 2.85. The van der Waals surface area contributed by atoms with Gasteiger partial charge >= 0.3 is 0 Å². The van der Waals surface area contributed by atoms with Gasteiger partial charge in [-0.3, -0.25) is 4.79 Å². The lowest BCUT2D eigenvalue weighted by Crippen LogP contribution is -2.28. The molecule has 3 heteroatoms. The van der Waals surface area contributed by atoms with Crippen molar-refractivity contribution >= 4 is 5.91 Å². The average Bonchev–Trinajstić information content (AvgIpc) is 2.55. The standard InChI is InChI=1S/C20H34N2O/c1-4-5-6-8-14-19(18-12-9-7-10-13-18)17-20(23)21-15-11-16-22(2)3/h7,9-10,12-13,19H,4-6,8,11,14-17H2,1-3H3,(H,21,23). The number of rotatable bonds is 12. The lowest BCUT2D eigenvalue weighted by molar-refractivity contribution is -0.121. The molecule has 0 fully saturated rings. The van der Waals surface area contributed by atoms with Gasteiger partial charge in [-0.1, -0.05) is 62.9 Å². The van der Waals surface area contributed by atoms with Crippen molar-refractivity contribution < 1.29 is 4.79 Å². The Balaban J connectivity index is 2.43. The zero-order valence-electron chi connectivity index (χ0n) is 15.2. The second-order valence-corrected chi connectivity index (χ2v) is 6.67. The van der Waals surface area contributed by atoms with Crippen molar-refractivity contribution in [3.63, 3.8) is 0 Å². The van der Waals surface area contributed by atoms with Gasteiger partial charge in [-0.2, -0.15) is 0 Å². The summed E-state index contributed by atoms with van der Waals surface area (Å²) in [5, 5.41) is 3.07. The molecule has 0 aliphatic rings. The molecule has 130 valence electrons. The second-order valence-electron chi connectivity index (χ2n) is 6.67. The van der Waals surface area contributed by atoms with Gasteiger partial charge in [0.2, 0.25) is 5.91 Å². The van der Waals surface area contributed by atoms with Crippen LogP contribution in [0.15, 0.2) is 30.3 Å². The Labute approximate surface area is 142 Å². The maximum absolute atomic E-state index is 12.2. The smallest absolute Gasteiger partial charge is 0.220 e. The third-order valence-electron chi connectivity index (χ3n) is 4.21. The molecule has 0 aliphatic heterocycles. The molecule has 1 amide bonds. The third kappa shape index (κ3) is 9.39. The van der Waals surface area contributed by atoms with Gasteiger partial charge in [-0.05, 0) is 45.0 Å². The first kappa shape index (κ1) is 19.7. The van der Waals surface area contributed by atoms with Gasteiger partial charge in [-0.25, -0.2) is 0 Å². The van der Waals surface area contributed by atoms with Crippen molar-refractivity contribution in [3.8, 4) is 0 Å². The zero-order chi connectivity index (χ0) is 16.9. The average molecular weight is 319 g/mol. The summed E-state index contributed by atoms with van der Waals surface area (Å²) >= 11 is 0. The summed E-state index contributed by atoms with van der Waals surface area (Å²) < 4.78 is 0. The Morgan fingerprint density at radius 3 is 2.48 bits per heavy atom. The number of carbonyl (C=O) groups is 1. The number of unbranched alkanes of at least 4 members (excludes halogenated alkanes) is 3. The van der Waals surface area contributed by atoms with E-state index in [-0.39, 0.29) is 5.91 Å². The molecule has 1 aromatic rings. The summed E-state index contributed by atoms with van der Waals surface area (Å²) in [7, 11) is 4.12. The van der Waals surface area contributed by atoms with Crippen molar-refractivity contribution in [2.45, 2.75) is 57.8 Å². The van der Waals surface area contributed by atoms with Crippen LogP contribution in [0.2, 0.25) is 0 Å². The minimum atomic E-state index is 0.188. The van der Waals surface area contributed by atoms with Gasteiger partial charge in [0.1, 0.15) is 0 Å². The van der Waals surface area contributed by atoms with E-state index in [1.807, 2.05) is 6.07 Å². The second kappa shape index (κ2) is 12.1. The summed E-state index contributed by atoms with van der Waals surface area (Å²) in [6.45, 7) is 4.02. The highest BCUT2D eigenvalue weighted by molar-refractivity contribution is 5.76. The van der Waals surface area contributed by atoms with E-state index in [1.165, 1.54) is 31.2 Å². The largest absolute Gasteiger partial charge is 0.356 e. The van der Waals surface area contributed by atoms with E-state index in [4.69, 9.17) is 0 Å². The summed E-state index contributed by atoms with van der Waals surface area (Å²) in [6.07, 6.45) is 7.74. The summed E-state index contributed by atoms with van der Waals surface area (Å²) in [6, 6.07) is 10.5. The van der Waals surface area contributed by atoms with Crippen LogP contribution in [0.1, 0.15) is 63.4 Å². The first-order valence-corrected chi connectivity index (χ1v) is 9.09. The van der Waals surface area contributed by atoms with E-state index in [1.54, 1.807) is 0 Å². The minimum absolute atomic E-state index is 0.188. The molecule has 1 aromatic carbocycles. The van der Waals surface area contributed by atoms with E-state index < -0.39 is 0 Å². The fraction of sp³-hybridized carbons (Fsp3) is 0.650. The van der Waals surface area contributed by atoms with Crippen LogP contribution in [-0.2, 0) is 4.79 Å². The van der Waals surface area contributed by atoms with E-state index in [9.17, 15) is 4.79 Å². The molecule has 0 saturated heterocycles. The number of nitrogens with zero attached hydrogens (tertiary/aromatic N) is 1. The molecule has 1 rings (SSSR count). The SMILES string of the molecule is CCCCCCC(CC(=O)NCCCN(C)C)c1ccccc1. The molecular formula is C20H34N2O. The van der Waals surface area contributed by atoms with Gasteiger partial charge in [0.05, 0.1) is 0 Å². The van der Waals surface area contributed by atoms with Crippen molar-refractivity contribution in [2.24, 2.45) is 0 Å². The highest BCUT2D eigenvalue weighted by atomic mass is 16.1. The number of carbonyl (C=O) groups excluding carboxylic acids is 1. The number of benzene rings is 1. The molecule has 1 unspecified atom stereocenters. The normalized spacial score (nSPS) is 12.3. The first-order valence-electron chi connectivity index (χ1n) is 9.09. The van der Waals surface area contributed by atoms with Gasteiger partial charge in [0.25, 0.3) is 0 Å². The Bertz CT molecular complexity index is 417. The topological polar surface area (TPSA) is 32.3 Å². The molecule has 0 aromatic heterocycles. The van der Waals surface area contributed by atoms with Crippen LogP contribution in [0.3, 0.4) is 0 Å². The van der Waals surface area contributed by atoms with Crippen LogP contribution in [0.25, 0.3) is 0 Å². The monoisotopic (exact) mass is 318 g/mol. The minimum Gasteiger partial charge on any atom is -0.356 e. The van der Waals surface area contributed by atoms with Crippen LogP contribution >= 0.6 is 0 Å². The third-order valence-corrected chi connectivity index (χ3v) is 4.21. The Kier molecular flexibility index (Phi) is 10.4. The predicted octanol–water partition coefficient (Wildman–Crippen LogP) is 4.20. The van der Waals surface area contributed by atoms with Crippen LogP contribution in [0, 0.1) is 0 Å². The van der Waals surface area contributed by atoms with Crippen LogP contribution in [0.4, 0.5) is 0 Å². The molecular weight excluding hydrogens is 284 g/mol. The van der Waals surface area contributed by atoms with Crippen molar-refractivity contribution in [1.29, 1.82) is 0 Å². The molecule has 1 N–H and O–H groups in total. The molecule has 23 heavy (non-hydrogen) atoms. The highest BCUT2D eigenvalue weighted by Crippen LogP contribution is 2.26. The molecule has 3 nitrogen and oxygen atoms in total. The summed E-state index contributed by atoms with van der Waals surface area (Å²) in [5.41, 5.74) is 1.30. The maximum atomic E-state index is 12.2. The molecule has 0 heterocycles. The molecule has 0 saturated carbocycles. The quantitative estimate of drug-likeness (QED) is 0.586. The van der Waals surface area contributed by atoms with E-state index >= 15 is 0 Å². The van der Waals surface area contributed by atoms with E-state index in [0.29, 0.717) is 12.3 Å². The van der Waals surface area contributed by atoms with Crippen molar-refractivity contribution in [1.82, 2.24) is 10.2 Å². The fourth-order valence-electron chi connectivity index (χ4n) is 2.85. The van der Waals surface area contributed by atoms with E-state index in [0.717, 1.165) is 25.9 Å². The van der Waals surface area contributed by atoms with E-state index in [2.05, 4.69) is 55.5 Å².